The summed E-state index contributed by atoms with van der Waals surface area (Å²) in [5.74, 6) is -3.61. The largest absolute Gasteiger partial charge is 0.507 e. The number of phenols is 2. The van der Waals surface area contributed by atoms with Crippen molar-refractivity contribution in [2.75, 3.05) is 34.0 Å². The van der Waals surface area contributed by atoms with Gasteiger partial charge >= 0.3 is 0 Å². The highest BCUT2D eigenvalue weighted by Crippen LogP contribution is 2.53. The maximum Gasteiger partial charge on any atom is 0.202 e. The lowest BCUT2D eigenvalue weighted by Crippen LogP contribution is -2.55. The molecule has 0 unspecified atom stereocenters. The number of ketones is 3. The molecule has 46 heavy (non-hydrogen) atoms. The average Bonchev–Trinajstić information content (AvgIpc) is 3.43. The molecule has 14 heteroatoms. The van der Waals surface area contributed by atoms with E-state index in [1.807, 2.05) is 6.92 Å². The van der Waals surface area contributed by atoms with Crippen LogP contribution >= 0.6 is 0 Å². The molecule has 0 radical (unpaired) electrons. The number of nitrogens with zero attached hydrogens (tertiary/aromatic N) is 1. The van der Waals surface area contributed by atoms with Crippen LogP contribution in [0.15, 0.2) is 18.2 Å². The van der Waals surface area contributed by atoms with Gasteiger partial charge in [-0.15, -0.1) is 0 Å². The second-order valence-corrected chi connectivity index (χ2v) is 12.3. The molecule has 4 N–H and O–H groups in total. The standard InChI is InChI=1S/C32H35NO13/c1-13-29-16(33-7-8-43-31(42-3)30(33)46-29)9-20(44-13)45-18-11-32(40,19(35)12-34)10-15-22(18)28(39)24-23(26(15)37)25(36)14-5-4-6-17(41-2)21(14)27(24)38/h4-6,13,16,18,20,29-31,34,37,39-40H,7-12H2,1-3H3/t13-,16+,18-,20+,29+,30+,31-,32-/m0/s1. The van der Waals surface area contributed by atoms with Gasteiger partial charge in [0.1, 0.15) is 35.6 Å². The molecule has 8 atom stereocenters. The number of rotatable bonds is 6. The van der Waals surface area contributed by atoms with Gasteiger partial charge in [0.05, 0.1) is 42.6 Å². The normalized spacial score (nSPS) is 33.5. The lowest BCUT2D eigenvalue weighted by atomic mass is 9.72. The molecule has 14 nitrogen and oxygen atoms in total. The van der Waals surface area contributed by atoms with Gasteiger partial charge in [0.2, 0.25) is 5.78 Å². The van der Waals surface area contributed by atoms with E-state index in [0.29, 0.717) is 19.6 Å². The van der Waals surface area contributed by atoms with E-state index in [-0.39, 0.29) is 40.1 Å². The molecular weight excluding hydrogens is 606 g/mol. The van der Waals surface area contributed by atoms with Crippen LogP contribution in [0.4, 0.5) is 0 Å². The van der Waals surface area contributed by atoms with Crippen molar-refractivity contribution in [3.05, 3.63) is 51.6 Å². The minimum atomic E-state index is -2.23. The third kappa shape index (κ3) is 4.51. The van der Waals surface area contributed by atoms with E-state index in [1.165, 1.54) is 32.4 Å². The molecule has 0 spiro atoms. The maximum absolute atomic E-state index is 13.9. The number of phenolic OH excluding ortho intramolecular Hbond substituents is 2. The average molecular weight is 642 g/mol. The van der Waals surface area contributed by atoms with Gasteiger partial charge in [-0.25, -0.2) is 0 Å². The molecule has 246 valence electrons. The number of aliphatic hydroxyl groups is 2. The van der Waals surface area contributed by atoms with E-state index in [2.05, 4.69) is 4.90 Å². The number of fused-ring (bicyclic) bond motifs is 6. The van der Waals surface area contributed by atoms with E-state index in [4.69, 9.17) is 28.4 Å². The first-order chi connectivity index (χ1) is 22.0. The summed E-state index contributed by atoms with van der Waals surface area (Å²) in [6, 6.07) is 4.26. The summed E-state index contributed by atoms with van der Waals surface area (Å²) in [6.45, 7) is 1.82. The Hall–Kier alpha value is -3.47. The molecular formula is C32H35NO13. The minimum Gasteiger partial charge on any atom is -0.507 e. The monoisotopic (exact) mass is 641 g/mol. The number of ether oxygens (including phenoxy) is 6. The summed E-state index contributed by atoms with van der Waals surface area (Å²) in [5, 5.41) is 44.5. The van der Waals surface area contributed by atoms with E-state index in [0.717, 1.165) is 0 Å². The maximum atomic E-state index is 13.9. The second-order valence-electron chi connectivity index (χ2n) is 12.3. The van der Waals surface area contributed by atoms with Crippen molar-refractivity contribution in [3.63, 3.8) is 0 Å². The van der Waals surface area contributed by atoms with Gasteiger partial charge < -0.3 is 48.8 Å². The molecule has 3 aliphatic heterocycles. The van der Waals surface area contributed by atoms with Gasteiger partial charge in [0.15, 0.2) is 30.4 Å². The van der Waals surface area contributed by atoms with Crippen molar-refractivity contribution in [2.24, 2.45) is 0 Å². The third-order valence-corrected chi connectivity index (χ3v) is 9.84. The summed E-state index contributed by atoms with van der Waals surface area (Å²) < 4.78 is 35.3. The number of carbonyl (C=O) groups excluding carboxylic acids is 3. The van der Waals surface area contributed by atoms with Crippen LogP contribution in [0.5, 0.6) is 17.2 Å². The predicted octanol–water partition coefficient (Wildman–Crippen LogP) is 0.711. The lowest BCUT2D eigenvalue weighted by Gasteiger charge is -2.43. The Bertz CT molecular complexity index is 1630. The zero-order valence-electron chi connectivity index (χ0n) is 25.4. The Balaban J connectivity index is 1.30. The van der Waals surface area contributed by atoms with E-state index >= 15 is 0 Å². The van der Waals surface area contributed by atoms with Crippen LogP contribution in [0, 0.1) is 0 Å². The highest BCUT2D eigenvalue weighted by Gasteiger charge is 2.55. The number of aliphatic hydroxyl groups excluding tert-OH is 1. The van der Waals surface area contributed by atoms with Crippen LogP contribution in [-0.4, -0.2) is 119 Å². The van der Waals surface area contributed by atoms with Crippen LogP contribution in [0.25, 0.3) is 0 Å². The van der Waals surface area contributed by atoms with Gasteiger partial charge in [-0.1, -0.05) is 12.1 Å². The Morgan fingerprint density at radius 3 is 2.57 bits per heavy atom. The molecule has 7 rings (SSSR count). The zero-order valence-corrected chi connectivity index (χ0v) is 25.4. The molecule has 5 aliphatic rings. The number of carbonyl (C=O) groups is 3. The number of methoxy groups -OCH3 is 2. The Morgan fingerprint density at radius 2 is 1.85 bits per heavy atom. The van der Waals surface area contributed by atoms with Crippen molar-refractivity contribution >= 4 is 17.3 Å². The van der Waals surface area contributed by atoms with Crippen molar-refractivity contribution < 1.29 is 63.2 Å². The minimum absolute atomic E-state index is 0.0353. The molecule has 3 heterocycles. The van der Waals surface area contributed by atoms with Gasteiger partial charge in [-0.05, 0) is 13.0 Å². The molecule has 2 aromatic rings. The number of aromatic hydroxyl groups is 2. The fourth-order valence-corrected chi connectivity index (χ4v) is 7.69. The second kappa shape index (κ2) is 11.3. The van der Waals surface area contributed by atoms with Crippen molar-refractivity contribution in [3.8, 4) is 17.2 Å². The molecule has 3 saturated heterocycles. The van der Waals surface area contributed by atoms with E-state index < -0.39 is 96.0 Å². The van der Waals surface area contributed by atoms with Gasteiger partial charge in [0.25, 0.3) is 0 Å². The highest BCUT2D eigenvalue weighted by molar-refractivity contribution is 6.31. The first kappa shape index (κ1) is 31.1. The highest BCUT2D eigenvalue weighted by atomic mass is 16.7. The first-order valence-electron chi connectivity index (χ1n) is 15.1. The smallest absolute Gasteiger partial charge is 0.202 e. The van der Waals surface area contributed by atoms with Crippen molar-refractivity contribution in [2.45, 2.75) is 74.9 Å². The fraction of sp³-hybridized carbons (Fsp3) is 0.531. The number of benzene rings is 2. The van der Waals surface area contributed by atoms with Crippen LogP contribution in [0.1, 0.15) is 68.8 Å². The number of Topliss-reactive ketones (excluding diaryl/α,β-unsaturated/α-hetero) is 1. The van der Waals surface area contributed by atoms with Gasteiger partial charge in [0, 0.05) is 55.6 Å². The molecule has 3 fully saturated rings. The SMILES string of the molecule is COc1cccc2c1C(=O)c1c(O)c3c(c(O)c1C2=O)C[C@@](O)(C(=O)CO)C[C@@H]3O[C@@H]1C[C@@H]2[C@H](O[C@@H]3[C@@H](OC)OCCN23)[C@H](C)O1. The molecule has 0 saturated carbocycles. The van der Waals surface area contributed by atoms with E-state index in [9.17, 15) is 34.8 Å². The van der Waals surface area contributed by atoms with Crippen LogP contribution < -0.4 is 4.74 Å². The number of hydrogen-bond donors (Lipinski definition) is 4. The summed E-state index contributed by atoms with van der Waals surface area (Å²) in [5.41, 5.74) is -3.43. The predicted molar refractivity (Wildman–Crippen MR) is 154 cm³/mol. The van der Waals surface area contributed by atoms with Crippen LogP contribution in [0.3, 0.4) is 0 Å². The number of morpholine rings is 1. The van der Waals surface area contributed by atoms with Crippen molar-refractivity contribution in [1.82, 2.24) is 4.90 Å². The van der Waals surface area contributed by atoms with Crippen LogP contribution in [0.2, 0.25) is 0 Å². The summed E-state index contributed by atoms with van der Waals surface area (Å²) in [4.78, 5) is 42.6. The zero-order chi connectivity index (χ0) is 32.7. The summed E-state index contributed by atoms with van der Waals surface area (Å²) >= 11 is 0. The molecule has 0 aromatic heterocycles. The Labute approximate surface area is 263 Å². The van der Waals surface area contributed by atoms with Gasteiger partial charge in [-0.3, -0.25) is 19.3 Å². The summed E-state index contributed by atoms with van der Waals surface area (Å²) in [7, 11) is 2.88. The third-order valence-electron chi connectivity index (χ3n) is 9.84. The Morgan fingerprint density at radius 1 is 1.09 bits per heavy atom. The van der Waals surface area contributed by atoms with Crippen molar-refractivity contribution in [1.29, 1.82) is 0 Å². The molecule has 0 amide bonds. The Kier molecular flexibility index (Phi) is 7.68. The fourth-order valence-electron chi connectivity index (χ4n) is 7.69. The quantitative estimate of drug-likeness (QED) is 0.275. The van der Waals surface area contributed by atoms with Crippen LogP contribution in [-0.2, 0) is 34.9 Å². The topological polar surface area (TPSA) is 191 Å². The van der Waals surface area contributed by atoms with E-state index in [1.54, 1.807) is 0 Å². The number of hydrogen-bond acceptors (Lipinski definition) is 14. The van der Waals surface area contributed by atoms with Gasteiger partial charge in [-0.2, -0.15) is 0 Å². The molecule has 2 aliphatic carbocycles. The molecule has 0 bridgehead atoms. The first-order valence-corrected chi connectivity index (χ1v) is 15.1. The molecule has 2 aromatic carbocycles. The lowest BCUT2D eigenvalue weighted by molar-refractivity contribution is -0.256. The summed E-state index contributed by atoms with van der Waals surface area (Å²) in [6.07, 6.45) is -4.79.